The summed E-state index contributed by atoms with van der Waals surface area (Å²) in [6, 6.07) is 5.25. The van der Waals surface area contributed by atoms with Gasteiger partial charge in [0, 0.05) is 19.0 Å². The number of alkyl halides is 2. The molecule has 1 amide bonds. The zero-order chi connectivity index (χ0) is 19.6. The number of halogens is 5. The van der Waals surface area contributed by atoms with E-state index in [2.05, 4.69) is 10.3 Å². The van der Waals surface area contributed by atoms with Crippen molar-refractivity contribution < 1.29 is 18.0 Å². The third kappa shape index (κ3) is 4.74. The molecule has 1 aromatic heterocycles. The van der Waals surface area contributed by atoms with Gasteiger partial charge < -0.3 is 5.32 Å². The van der Waals surface area contributed by atoms with Crippen LogP contribution in [0.1, 0.15) is 47.6 Å². The van der Waals surface area contributed by atoms with Crippen LogP contribution >= 0.6 is 23.2 Å². The van der Waals surface area contributed by atoms with E-state index < -0.39 is 23.7 Å². The van der Waals surface area contributed by atoms with E-state index in [0.717, 1.165) is 6.20 Å². The molecule has 0 aliphatic heterocycles. The average Bonchev–Trinajstić information content (AvgIpc) is 2.62. The van der Waals surface area contributed by atoms with Gasteiger partial charge in [-0.25, -0.2) is 13.2 Å². The number of aromatic nitrogens is 1. The number of carbonyl (C=O) groups is 1. The maximum absolute atomic E-state index is 13.7. The van der Waals surface area contributed by atoms with E-state index in [0.29, 0.717) is 5.56 Å². The second-order valence-corrected chi connectivity index (χ2v) is 7.47. The number of carbonyl (C=O) groups excluding carboxylic acids is 1. The van der Waals surface area contributed by atoms with E-state index in [4.69, 9.17) is 23.2 Å². The van der Waals surface area contributed by atoms with Gasteiger partial charge >= 0.3 is 0 Å². The Hall–Kier alpha value is -1.79. The van der Waals surface area contributed by atoms with Gasteiger partial charge in [-0.1, -0.05) is 29.3 Å². The number of hydrogen-bond acceptors (Lipinski definition) is 2. The fourth-order valence-electron chi connectivity index (χ4n) is 3.37. The lowest BCUT2D eigenvalue weighted by Gasteiger charge is -2.34. The molecule has 2 aromatic rings. The quantitative estimate of drug-likeness (QED) is 0.681. The van der Waals surface area contributed by atoms with E-state index in [9.17, 15) is 18.0 Å². The molecule has 3 rings (SSSR count). The highest BCUT2D eigenvalue weighted by molar-refractivity contribution is 6.43. The Morgan fingerprint density at radius 2 is 1.93 bits per heavy atom. The molecule has 144 valence electrons. The summed E-state index contributed by atoms with van der Waals surface area (Å²) in [6.07, 6.45) is 2.34. The lowest BCUT2D eigenvalue weighted by molar-refractivity contribution is -0.0494. The Morgan fingerprint density at radius 1 is 1.22 bits per heavy atom. The molecule has 0 saturated heterocycles. The molecule has 1 saturated carbocycles. The third-order valence-electron chi connectivity index (χ3n) is 4.80. The van der Waals surface area contributed by atoms with Crippen molar-refractivity contribution in [3.8, 4) is 0 Å². The minimum Gasteiger partial charge on any atom is -0.345 e. The fourth-order valence-corrected chi connectivity index (χ4v) is 3.75. The van der Waals surface area contributed by atoms with E-state index in [1.165, 1.54) is 18.3 Å². The van der Waals surface area contributed by atoms with Gasteiger partial charge in [-0.3, -0.25) is 9.78 Å². The molecule has 27 heavy (non-hydrogen) atoms. The Bertz CT molecular complexity index is 837. The predicted octanol–water partition coefficient (Wildman–Crippen LogP) is 5.82. The monoisotopic (exact) mass is 416 g/mol. The molecule has 8 heteroatoms. The van der Waals surface area contributed by atoms with Crippen LogP contribution in [0.5, 0.6) is 0 Å². The highest BCUT2D eigenvalue weighted by atomic mass is 35.5. The maximum Gasteiger partial charge on any atom is 0.253 e. The van der Waals surface area contributed by atoms with Crippen LogP contribution in [-0.4, -0.2) is 16.8 Å². The number of rotatable bonds is 4. The van der Waals surface area contributed by atoms with E-state index >= 15 is 0 Å². The van der Waals surface area contributed by atoms with Crippen molar-refractivity contribution in [1.29, 1.82) is 0 Å². The van der Waals surface area contributed by atoms with Crippen molar-refractivity contribution in [3.63, 3.8) is 0 Å². The molecule has 0 spiro atoms. The molecule has 1 unspecified atom stereocenters. The zero-order valence-corrected chi connectivity index (χ0v) is 15.7. The van der Waals surface area contributed by atoms with E-state index in [-0.39, 0.29) is 47.2 Å². The summed E-state index contributed by atoms with van der Waals surface area (Å²) >= 11 is 12.1. The van der Waals surface area contributed by atoms with Crippen LogP contribution in [0.25, 0.3) is 0 Å². The summed E-state index contributed by atoms with van der Waals surface area (Å²) in [5, 5.41) is 3.14. The summed E-state index contributed by atoms with van der Waals surface area (Å²) in [5.74, 6) is -4.04. The lowest BCUT2D eigenvalue weighted by atomic mass is 9.80. The summed E-state index contributed by atoms with van der Waals surface area (Å²) in [7, 11) is 0. The second kappa shape index (κ2) is 8.07. The van der Waals surface area contributed by atoms with Gasteiger partial charge in [-0.05, 0) is 42.5 Å². The fraction of sp³-hybridized carbons (Fsp3) is 0.368. The molecule has 1 aliphatic carbocycles. The van der Waals surface area contributed by atoms with Crippen molar-refractivity contribution in [3.05, 3.63) is 63.6 Å². The van der Waals surface area contributed by atoms with Crippen LogP contribution in [0, 0.1) is 11.7 Å². The van der Waals surface area contributed by atoms with Gasteiger partial charge in [0.2, 0.25) is 5.92 Å². The van der Waals surface area contributed by atoms with Crippen molar-refractivity contribution in [2.75, 3.05) is 0 Å². The summed E-state index contributed by atoms with van der Waals surface area (Å²) in [6.45, 7) is 0. The van der Waals surface area contributed by atoms with E-state index in [1.54, 1.807) is 12.1 Å². The molecule has 0 bridgehead atoms. The first-order chi connectivity index (χ1) is 12.8. The summed E-state index contributed by atoms with van der Waals surface area (Å²) in [4.78, 5) is 16.6. The molecular formula is C19H17Cl2F3N2O. The topological polar surface area (TPSA) is 42.0 Å². The average molecular weight is 417 g/mol. The summed E-state index contributed by atoms with van der Waals surface area (Å²) < 4.78 is 40.7. The molecule has 1 heterocycles. The van der Waals surface area contributed by atoms with Crippen LogP contribution in [0.3, 0.4) is 0 Å². The molecule has 1 aliphatic rings. The minimum atomic E-state index is -2.71. The van der Waals surface area contributed by atoms with Crippen molar-refractivity contribution in [1.82, 2.24) is 10.3 Å². The van der Waals surface area contributed by atoms with Crippen molar-refractivity contribution in [2.45, 2.75) is 37.6 Å². The first-order valence-corrected chi connectivity index (χ1v) is 9.25. The van der Waals surface area contributed by atoms with Gasteiger partial charge in [0.1, 0.15) is 5.82 Å². The van der Waals surface area contributed by atoms with Crippen LogP contribution in [0.15, 0.2) is 36.7 Å². The zero-order valence-electron chi connectivity index (χ0n) is 14.2. The van der Waals surface area contributed by atoms with Crippen LogP contribution in [0.4, 0.5) is 13.2 Å². The van der Waals surface area contributed by atoms with Gasteiger partial charge in [0.05, 0.1) is 27.8 Å². The number of pyridine rings is 1. The van der Waals surface area contributed by atoms with Gasteiger partial charge in [0.25, 0.3) is 5.91 Å². The largest absolute Gasteiger partial charge is 0.345 e. The van der Waals surface area contributed by atoms with E-state index in [1.807, 2.05) is 0 Å². The molecule has 1 aromatic carbocycles. The van der Waals surface area contributed by atoms with Crippen molar-refractivity contribution >= 4 is 29.1 Å². The first kappa shape index (κ1) is 20.0. The van der Waals surface area contributed by atoms with Crippen LogP contribution in [-0.2, 0) is 0 Å². The minimum absolute atomic E-state index is 0.1000. The maximum atomic E-state index is 13.7. The number of benzene rings is 1. The van der Waals surface area contributed by atoms with Gasteiger partial charge in [-0.2, -0.15) is 0 Å². The second-order valence-electron chi connectivity index (χ2n) is 6.68. The molecule has 1 N–H and O–H groups in total. The number of nitrogens with zero attached hydrogens (tertiary/aromatic N) is 1. The Morgan fingerprint density at radius 3 is 2.59 bits per heavy atom. The smallest absolute Gasteiger partial charge is 0.253 e. The Balaban J connectivity index is 1.88. The van der Waals surface area contributed by atoms with Crippen LogP contribution < -0.4 is 5.32 Å². The van der Waals surface area contributed by atoms with Crippen LogP contribution in [0.2, 0.25) is 10.0 Å². The number of amides is 1. The molecule has 1 fully saturated rings. The first-order valence-electron chi connectivity index (χ1n) is 8.50. The van der Waals surface area contributed by atoms with Gasteiger partial charge in [-0.15, -0.1) is 0 Å². The molecule has 3 nitrogen and oxygen atoms in total. The lowest BCUT2D eigenvalue weighted by Crippen LogP contribution is -2.37. The predicted molar refractivity (Wildman–Crippen MR) is 97.8 cm³/mol. The number of hydrogen-bond donors (Lipinski definition) is 1. The molecular weight excluding hydrogens is 400 g/mol. The molecule has 0 radical (unpaired) electrons. The highest BCUT2D eigenvalue weighted by Crippen LogP contribution is 2.41. The third-order valence-corrected chi connectivity index (χ3v) is 5.62. The standard InChI is InChI=1S/C19H17Cl2F3N2O/c20-15-3-1-2-14(16(15)21)18(27)26-17(12-8-13(22)10-25-9-12)11-4-6-19(23,24)7-5-11/h1-3,8-11,17H,4-7H2,(H,26,27). The van der Waals surface area contributed by atoms with Crippen molar-refractivity contribution in [2.24, 2.45) is 5.92 Å². The molecule has 1 atom stereocenters. The Kier molecular flexibility index (Phi) is 5.96. The highest BCUT2D eigenvalue weighted by Gasteiger charge is 2.38. The summed E-state index contributed by atoms with van der Waals surface area (Å²) in [5.41, 5.74) is 0.594. The normalized spacial score (nSPS) is 18.1. The SMILES string of the molecule is O=C(NC(c1cncc(F)c1)C1CCC(F)(F)CC1)c1cccc(Cl)c1Cl. The Labute approximate surface area is 164 Å². The van der Waals surface area contributed by atoms with Gasteiger partial charge in [0.15, 0.2) is 0 Å². The number of nitrogens with one attached hydrogen (secondary N) is 1.